The molecule has 2 nitrogen and oxygen atoms in total. The number of rotatable bonds is 3. The van der Waals surface area contributed by atoms with Gasteiger partial charge >= 0.3 is 0 Å². The van der Waals surface area contributed by atoms with Crippen LogP contribution in [0.4, 0.5) is 5.69 Å². The first kappa shape index (κ1) is 11.1. The lowest BCUT2D eigenvalue weighted by Crippen LogP contribution is -1.92. The van der Waals surface area contributed by atoms with E-state index >= 15 is 0 Å². The molecule has 0 aliphatic carbocycles. The zero-order chi connectivity index (χ0) is 11.3. The van der Waals surface area contributed by atoms with Crippen molar-refractivity contribution in [3.63, 3.8) is 0 Å². The average Bonchev–Trinajstić information content (AvgIpc) is 2.17. The lowest BCUT2D eigenvalue weighted by atomic mass is 10.0. The molecule has 0 amide bonds. The predicted molar refractivity (Wildman–Crippen MR) is 67.0 cm³/mol. The summed E-state index contributed by atoms with van der Waals surface area (Å²) in [5, 5.41) is 0. The molecule has 0 radical (unpaired) electrons. The van der Waals surface area contributed by atoms with Crippen molar-refractivity contribution in [2.45, 2.75) is 6.92 Å². The maximum Gasteiger partial charge on any atom is 0.0314 e. The van der Waals surface area contributed by atoms with Crippen molar-refractivity contribution in [3.8, 4) is 0 Å². The van der Waals surface area contributed by atoms with Crippen molar-refractivity contribution in [2.24, 2.45) is 5.73 Å². The fourth-order valence-electron chi connectivity index (χ4n) is 1.28. The van der Waals surface area contributed by atoms with Crippen LogP contribution in [0.15, 0.2) is 54.8 Å². The second kappa shape index (κ2) is 5.05. The number of hydrogen-bond donors (Lipinski definition) is 2. The van der Waals surface area contributed by atoms with E-state index in [0.29, 0.717) is 0 Å². The Morgan fingerprint density at radius 1 is 1.27 bits per heavy atom. The summed E-state index contributed by atoms with van der Waals surface area (Å²) < 4.78 is 0. The van der Waals surface area contributed by atoms with Crippen LogP contribution in [0.1, 0.15) is 12.5 Å². The van der Waals surface area contributed by atoms with E-state index < -0.39 is 0 Å². The Morgan fingerprint density at radius 3 is 2.33 bits per heavy atom. The van der Waals surface area contributed by atoms with Gasteiger partial charge in [0.1, 0.15) is 0 Å². The molecule has 0 unspecified atom stereocenters. The highest BCUT2D eigenvalue weighted by Gasteiger charge is 1.97. The standard InChI is InChI=1S/C13H16N2/c1-3-4-12(9-10(2)14)11-5-7-13(15)8-6-11/h3-9H,1,14-15H2,2H3/b10-9-,12-4+. The molecule has 0 aliphatic rings. The first-order valence-electron chi connectivity index (χ1n) is 4.76. The van der Waals surface area contributed by atoms with Crippen LogP contribution in [-0.4, -0.2) is 0 Å². The van der Waals surface area contributed by atoms with E-state index in [1.165, 1.54) is 0 Å². The topological polar surface area (TPSA) is 52.0 Å². The third-order valence-electron chi connectivity index (χ3n) is 1.92. The highest BCUT2D eigenvalue weighted by Crippen LogP contribution is 2.18. The van der Waals surface area contributed by atoms with Gasteiger partial charge in [0.25, 0.3) is 0 Å². The molecule has 0 saturated carbocycles. The summed E-state index contributed by atoms with van der Waals surface area (Å²) in [6, 6.07) is 7.66. The van der Waals surface area contributed by atoms with Crippen LogP contribution in [0.5, 0.6) is 0 Å². The Kier molecular flexibility index (Phi) is 3.75. The highest BCUT2D eigenvalue weighted by molar-refractivity contribution is 5.76. The van der Waals surface area contributed by atoms with Gasteiger partial charge in [-0.3, -0.25) is 0 Å². The first-order valence-corrected chi connectivity index (χ1v) is 4.76. The summed E-state index contributed by atoms with van der Waals surface area (Å²) in [6.45, 7) is 5.54. The Hall–Kier alpha value is -1.96. The fraction of sp³-hybridized carbons (Fsp3) is 0.0769. The normalized spacial score (nSPS) is 12.6. The van der Waals surface area contributed by atoms with Crippen LogP contribution in [0, 0.1) is 0 Å². The lowest BCUT2D eigenvalue weighted by Gasteiger charge is -2.03. The van der Waals surface area contributed by atoms with E-state index in [-0.39, 0.29) is 0 Å². The van der Waals surface area contributed by atoms with Gasteiger partial charge in [-0.2, -0.15) is 0 Å². The van der Waals surface area contributed by atoms with E-state index in [1.807, 2.05) is 43.3 Å². The molecular formula is C13H16N2. The van der Waals surface area contributed by atoms with E-state index in [1.54, 1.807) is 6.08 Å². The molecule has 0 saturated heterocycles. The summed E-state index contributed by atoms with van der Waals surface area (Å²) in [4.78, 5) is 0. The van der Waals surface area contributed by atoms with Gasteiger partial charge in [0.05, 0.1) is 0 Å². The molecule has 1 rings (SSSR count). The number of anilines is 1. The van der Waals surface area contributed by atoms with Crippen LogP contribution in [-0.2, 0) is 0 Å². The SMILES string of the molecule is C=C/C=C(\C=C(\C)N)c1ccc(N)cc1. The predicted octanol–water partition coefficient (Wildman–Crippen LogP) is 2.70. The Labute approximate surface area is 90.6 Å². The van der Waals surface area contributed by atoms with Crippen LogP contribution in [0.3, 0.4) is 0 Å². The summed E-state index contributed by atoms with van der Waals surface area (Å²) in [7, 11) is 0. The molecule has 2 heteroatoms. The summed E-state index contributed by atoms with van der Waals surface area (Å²) in [5.74, 6) is 0. The molecule has 15 heavy (non-hydrogen) atoms. The Balaban J connectivity index is 3.11. The summed E-state index contributed by atoms with van der Waals surface area (Å²) >= 11 is 0. The lowest BCUT2D eigenvalue weighted by molar-refractivity contribution is 1.32. The first-order chi connectivity index (χ1) is 7.13. The zero-order valence-electron chi connectivity index (χ0n) is 8.90. The number of nitrogens with two attached hydrogens (primary N) is 2. The van der Waals surface area contributed by atoms with Gasteiger partial charge in [-0.25, -0.2) is 0 Å². The third-order valence-corrected chi connectivity index (χ3v) is 1.92. The molecule has 0 aliphatic heterocycles. The van der Waals surface area contributed by atoms with Crippen molar-refractivity contribution < 1.29 is 0 Å². The smallest absolute Gasteiger partial charge is 0.0314 e. The molecule has 0 atom stereocenters. The molecule has 0 fully saturated rings. The van der Waals surface area contributed by atoms with Gasteiger partial charge in [-0.05, 0) is 36.3 Å². The van der Waals surface area contributed by atoms with Crippen molar-refractivity contribution in [3.05, 3.63) is 60.3 Å². The number of allylic oxidation sites excluding steroid dienone is 5. The van der Waals surface area contributed by atoms with Crippen LogP contribution < -0.4 is 11.5 Å². The van der Waals surface area contributed by atoms with Gasteiger partial charge < -0.3 is 11.5 Å². The monoisotopic (exact) mass is 200 g/mol. The van der Waals surface area contributed by atoms with E-state index in [2.05, 4.69) is 6.58 Å². The molecule has 1 aromatic rings. The molecule has 0 heterocycles. The van der Waals surface area contributed by atoms with Crippen LogP contribution in [0.25, 0.3) is 5.57 Å². The Bertz CT molecular complexity index is 393. The van der Waals surface area contributed by atoms with Gasteiger partial charge in [-0.1, -0.05) is 30.9 Å². The van der Waals surface area contributed by atoms with Crippen molar-refractivity contribution in [1.82, 2.24) is 0 Å². The quantitative estimate of drug-likeness (QED) is 0.582. The van der Waals surface area contributed by atoms with E-state index in [9.17, 15) is 0 Å². The zero-order valence-corrected chi connectivity index (χ0v) is 8.90. The van der Waals surface area contributed by atoms with Gasteiger partial charge in [0, 0.05) is 11.4 Å². The molecule has 0 spiro atoms. The van der Waals surface area contributed by atoms with Gasteiger partial charge in [0.2, 0.25) is 0 Å². The van der Waals surface area contributed by atoms with Crippen molar-refractivity contribution >= 4 is 11.3 Å². The minimum absolute atomic E-state index is 0.755. The van der Waals surface area contributed by atoms with Crippen LogP contribution in [0.2, 0.25) is 0 Å². The second-order valence-electron chi connectivity index (χ2n) is 3.37. The average molecular weight is 200 g/mol. The Morgan fingerprint density at radius 2 is 1.87 bits per heavy atom. The maximum absolute atomic E-state index is 5.65. The van der Waals surface area contributed by atoms with Gasteiger partial charge in [0.15, 0.2) is 0 Å². The number of benzene rings is 1. The maximum atomic E-state index is 5.65. The summed E-state index contributed by atoms with van der Waals surface area (Å²) in [6.07, 6.45) is 5.57. The number of nitrogen functional groups attached to an aromatic ring is 1. The number of hydrogen-bond acceptors (Lipinski definition) is 2. The second-order valence-corrected chi connectivity index (χ2v) is 3.37. The van der Waals surface area contributed by atoms with E-state index in [0.717, 1.165) is 22.5 Å². The molecule has 78 valence electrons. The molecule has 0 bridgehead atoms. The van der Waals surface area contributed by atoms with Crippen molar-refractivity contribution in [2.75, 3.05) is 5.73 Å². The summed E-state index contributed by atoms with van der Waals surface area (Å²) in [5.41, 5.74) is 14.9. The largest absolute Gasteiger partial charge is 0.402 e. The van der Waals surface area contributed by atoms with Crippen molar-refractivity contribution in [1.29, 1.82) is 0 Å². The molecule has 0 aromatic heterocycles. The van der Waals surface area contributed by atoms with Crippen LogP contribution >= 0.6 is 0 Å². The molecular weight excluding hydrogens is 184 g/mol. The molecule has 1 aromatic carbocycles. The highest BCUT2D eigenvalue weighted by atomic mass is 14.5. The fourth-order valence-corrected chi connectivity index (χ4v) is 1.28. The minimum Gasteiger partial charge on any atom is -0.402 e. The van der Waals surface area contributed by atoms with E-state index in [4.69, 9.17) is 11.5 Å². The minimum atomic E-state index is 0.755. The third kappa shape index (κ3) is 3.35. The van der Waals surface area contributed by atoms with Gasteiger partial charge in [-0.15, -0.1) is 0 Å². The molecule has 4 N–H and O–H groups in total.